The number of anilines is 1. The van der Waals surface area contributed by atoms with E-state index in [0.717, 1.165) is 26.1 Å². The van der Waals surface area contributed by atoms with Gasteiger partial charge in [-0.05, 0) is 51.8 Å². The van der Waals surface area contributed by atoms with Gasteiger partial charge in [0.05, 0.1) is 16.7 Å². The zero-order valence-corrected chi connectivity index (χ0v) is 18.1. The Hall–Kier alpha value is -1.89. The summed E-state index contributed by atoms with van der Waals surface area (Å²) in [7, 11) is 0. The molecule has 0 atom stereocenters. The molecule has 0 aliphatic heterocycles. The second kappa shape index (κ2) is 7.62. The molecule has 0 bridgehead atoms. The third-order valence-corrected chi connectivity index (χ3v) is 6.93. The zero-order valence-electron chi connectivity index (χ0n) is 15.7. The van der Waals surface area contributed by atoms with Crippen molar-refractivity contribution < 1.29 is 14.3 Å². The summed E-state index contributed by atoms with van der Waals surface area (Å²) in [5.74, 6) is -0.751. The number of halogens is 1. The summed E-state index contributed by atoms with van der Waals surface area (Å²) in [5.41, 5.74) is 2.34. The first-order chi connectivity index (χ1) is 12.7. The molecular formula is C20H20ClNO3S2. The van der Waals surface area contributed by atoms with Crippen LogP contribution in [0.15, 0.2) is 18.2 Å². The van der Waals surface area contributed by atoms with Crippen LogP contribution in [0.1, 0.15) is 49.9 Å². The summed E-state index contributed by atoms with van der Waals surface area (Å²) >= 11 is 9.15. The molecule has 0 radical (unpaired) electrons. The molecule has 1 N–H and O–H groups in total. The monoisotopic (exact) mass is 421 g/mol. The van der Waals surface area contributed by atoms with E-state index in [2.05, 4.69) is 5.32 Å². The lowest BCUT2D eigenvalue weighted by atomic mass is 10.1. The summed E-state index contributed by atoms with van der Waals surface area (Å²) < 4.78 is 6.30. The van der Waals surface area contributed by atoms with E-state index in [9.17, 15) is 9.59 Å². The molecule has 2 heterocycles. The fraction of sp³-hybridized carbons (Fsp3) is 0.300. The van der Waals surface area contributed by atoms with Gasteiger partial charge in [-0.3, -0.25) is 4.79 Å². The number of hydrogen-bond acceptors (Lipinski definition) is 5. The molecular weight excluding hydrogens is 402 g/mol. The fourth-order valence-electron chi connectivity index (χ4n) is 2.71. The fourth-order valence-corrected chi connectivity index (χ4v) is 5.27. The number of thiophene rings is 2. The number of fused-ring (bicyclic) bond motifs is 1. The lowest BCUT2D eigenvalue weighted by Gasteiger charge is -2.10. The number of esters is 1. The van der Waals surface area contributed by atoms with Crippen molar-refractivity contribution in [2.24, 2.45) is 0 Å². The Bertz CT molecular complexity index is 1050. The molecule has 27 heavy (non-hydrogen) atoms. The van der Waals surface area contributed by atoms with Crippen LogP contribution in [0.3, 0.4) is 0 Å². The Morgan fingerprint density at radius 1 is 1.15 bits per heavy atom. The van der Waals surface area contributed by atoms with E-state index < -0.39 is 5.97 Å². The Morgan fingerprint density at radius 2 is 1.85 bits per heavy atom. The number of carbonyl (C=O) groups is 2. The topological polar surface area (TPSA) is 55.4 Å². The molecule has 0 aliphatic carbocycles. The van der Waals surface area contributed by atoms with E-state index in [0.29, 0.717) is 20.5 Å². The molecule has 142 valence electrons. The Labute approximate surface area is 171 Å². The predicted octanol–water partition coefficient (Wildman–Crippen LogP) is 6.36. The number of nitrogens with one attached hydrogen (secondary N) is 1. The van der Waals surface area contributed by atoms with Crippen LogP contribution in [-0.2, 0) is 4.74 Å². The van der Waals surface area contributed by atoms with E-state index in [1.165, 1.54) is 22.7 Å². The predicted molar refractivity (Wildman–Crippen MR) is 114 cm³/mol. The quantitative estimate of drug-likeness (QED) is 0.498. The van der Waals surface area contributed by atoms with E-state index in [4.69, 9.17) is 16.3 Å². The van der Waals surface area contributed by atoms with Crippen LogP contribution in [0, 0.1) is 20.8 Å². The number of amides is 1. The minimum absolute atomic E-state index is 0.235. The number of rotatable bonds is 4. The van der Waals surface area contributed by atoms with Crippen LogP contribution in [0.2, 0.25) is 5.02 Å². The number of ether oxygens (including phenoxy) is 1. The van der Waals surface area contributed by atoms with Crippen molar-refractivity contribution >= 4 is 61.2 Å². The number of hydrogen-bond donors (Lipinski definition) is 1. The van der Waals surface area contributed by atoms with E-state index >= 15 is 0 Å². The van der Waals surface area contributed by atoms with Gasteiger partial charge in [-0.25, -0.2) is 4.79 Å². The minimum Gasteiger partial charge on any atom is -0.459 e. The van der Waals surface area contributed by atoms with Crippen LogP contribution in [0.5, 0.6) is 0 Å². The zero-order chi connectivity index (χ0) is 19.9. The average molecular weight is 422 g/mol. The van der Waals surface area contributed by atoms with Crippen LogP contribution in [-0.4, -0.2) is 18.0 Å². The summed E-state index contributed by atoms with van der Waals surface area (Å²) in [4.78, 5) is 26.8. The van der Waals surface area contributed by atoms with Gasteiger partial charge in [-0.1, -0.05) is 23.7 Å². The van der Waals surface area contributed by atoms with E-state index in [-0.39, 0.29) is 12.0 Å². The molecule has 0 saturated heterocycles. The van der Waals surface area contributed by atoms with Crippen molar-refractivity contribution in [3.63, 3.8) is 0 Å². The Morgan fingerprint density at radius 3 is 2.52 bits per heavy atom. The molecule has 2 aromatic heterocycles. The molecule has 1 amide bonds. The first kappa shape index (κ1) is 19.9. The molecule has 4 nitrogen and oxygen atoms in total. The van der Waals surface area contributed by atoms with Gasteiger partial charge in [0.2, 0.25) is 0 Å². The third-order valence-electron chi connectivity index (χ3n) is 4.15. The molecule has 0 spiro atoms. The van der Waals surface area contributed by atoms with Crippen molar-refractivity contribution in [3.8, 4) is 0 Å². The lowest BCUT2D eigenvalue weighted by Crippen LogP contribution is -2.16. The highest BCUT2D eigenvalue weighted by atomic mass is 35.5. The highest BCUT2D eigenvalue weighted by Crippen LogP contribution is 2.38. The highest BCUT2D eigenvalue weighted by molar-refractivity contribution is 7.22. The second-order valence-electron chi connectivity index (χ2n) is 6.64. The van der Waals surface area contributed by atoms with Crippen LogP contribution < -0.4 is 5.32 Å². The van der Waals surface area contributed by atoms with Gasteiger partial charge in [0.1, 0.15) is 9.88 Å². The van der Waals surface area contributed by atoms with Gasteiger partial charge in [-0.15, -0.1) is 22.7 Å². The molecule has 0 unspecified atom stereocenters. The Kier molecular flexibility index (Phi) is 5.60. The maximum Gasteiger partial charge on any atom is 0.341 e. The van der Waals surface area contributed by atoms with Crippen LogP contribution in [0.4, 0.5) is 5.00 Å². The number of benzene rings is 1. The third kappa shape index (κ3) is 3.88. The Balaban J connectivity index is 1.96. The van der Waals surface area contributed by atoms with Crippen molar-refractivity contribution in [1.82, 2.24) is 0 Å². The van der Waals surface area contributed by atoms with Crippen molar-refractivity contribution in [1.29, 1.82) is 0 Å². The van der Waals surface area contributed by atoms with Crippen LogP contribution >= 0.6 is 34.3 Å². The normalized spacial score (nSPS) is 11.2. The average Bonchev–Trinajstić information content (AvgIpc) is 3.03. The summed E-state index contributed by atoms with van der Waals surface area (Å²) in [6.07, 6.45) is -0.235. The van der Waals surface area contributed by atoms with Crippen molar-refractivity contribution in [2.75, 3.05) is 5.32 Å². The molecule has 1 aromatic carbocycles. The second-order valence-corrected chi connectivity index (χ2v) is 9.30. The maximum atomic E-state index is 12.9. The molecule has 0 aliphatic rings. The first-order valence-corrected chi connectivity index (χ1v) is 10.5. The summed E-state index contributed by atoms with van der Waals surface area (Å²) in [5, 5.41) is 4.65. The number of aryl methyl sites for hydroxylation is 2. The SMILES string of the molecule is Cc1ccc2c(Cl)c(C(=O)Nc3sc(C)c(C)c3C(=O)OC(C)C)sc2c1. The van der Waals surface area contributed by atoms with E-state index in [1.54, 1.807) is 13.8 Å². The molecule has 3 rings (SSSR count). The van der Waals surface area contributed by atoms with Gasteiger partial charge >= 0.3 is 5.97 Å². The summed E-state index contributed by atoms with van der Waals surface area (Å²) in [6, 6.07) is 5.90. The number of carbonyl (C=O) groups excluding carboxylic acids is 2. The van der Waals surface area contributed by atoms with Gasteiger partial charge in [0.15, 0.2) is 0 Å². The molecule has 3 aromatic rings. The van der Waals surface area contributed by atoms with E-state index in [1.807, 2.05) is 39.0 Å². The minimum atomic E-state index is -0.430. The van der Waals surface area contributed by atoms with Crippen molar-refractivity contribution in [3.05, 3.63) is 49.7 Å². The maximum absolute atomic E-state index is 12.9. The van der Waals surface area contributed by atoms with Crippen LogP contribution in [0.25, 0.3) is 10.1 Å². The summed E-state index contributed by atoms with van der Waals surface area (Å²) in [6.45, 7) is 9.36. The van der Waals surface area contributed by atoms with Crippen molar-refractivity contribution in [2.45, 2.75) is 40.7 Å². The highest BCUT2D eigenvalue weighted by Gasteiger charge is 2.25. The lowest BCUT2D eigenvalue weighted by molar-refractivity contribution is 0.0379. The van der Waals surface area contributed by atoms with Gasteiger partial charge in [0, 0.05) is 15.0 Å². The first-order valence-electron chi connectivity index (χ1n) is 8.50. The molecule has 0 saturated carbocycles. The molecule has 0 fully saturated rings. The smallest absolute Gasteiger partial charge is 0.341 e. The largest absolute Gasteiger partial charge is 0.459 e. The van der Waals surface area contributed by atoms with Gasteiger partial charge in [0.25, 0.3) is 5.91 Å². The van der Waals surface area contributed by atoms with Gasteiger partial charge < -0.3 is 10.1 Å². The molecule has 7 heteroatoms. The standard InChI is InChI=1S/C20H20ClNO3S2/c1-9(2)25-20(24)15-11(4)12(5)26-19(15)22-18(23)17-16(21)13-7-6-10(3)8-14(13)27-17/h6-9H,1-5H3,(H,22,23). The van der Waals surface area contributed by atoms with Gasteiger partial charge in [-0.2, -0.15) is 0 Å².